The zero-order valence-electron chi connectivity index (χ0n) is 13.8. The van der Waals surface area contributed by atoms with E-state index >= 15 is 0 Å². The van der Waals surface area contributed by atoms with Crippen LogP contribution in [0.15, 0.2) is 6.07 Å². The highest BCUT2D eigenvalue weighted by Crippen LogP contribution is 2.33. The molecule has 22 heavy (non-hydrogen) atoms. The Morgan fingerprint density at radius 1 is 1.23 bits per heavy atom. The number of ketones is 1. The molecule has 0 aromatic heterocycles. The first-order valence-corrected chi connectivity index (χ1v) is 7.68. The molecule has 0 aliphatic rings. The van der Waals surface area contributed by atoms with E-state index in [1.54, 1.807) is 13.0 Å². The lowest BCUT2D eigenvalue weighted by Gasteiger charge is -2.17. The van der Waals surface area contributed by atoms with Crippen molar-refractivity contribution in [1.82, 2.24) is 0 Å². The summed E-state index contributed by atoms with van der Waals surface area (Å²) in [7, 11) is 1.30. The predicted octanol–water partition coefficient (Wildman–Crippen LogP) is 4.13. The standard InChI is InChI=1S/C17H23ClO4/c1-10(2)9-22-14-8-11(3)17(18)12(4)16(14)13(19)6-7-15(20)21-5/h8,10H,6-7,9H2,1-5H3. The van der Waals surface area contributed by atoms with Crippen LogP contribution in [-0.4, -0.2) is 25.5 Å². The van der Waals surface area contributed by atoms with Crippen molar-refractivity contribution in [2.24, 2.45) is 5.92 Å². The zero-order valence-corrected chi connectivity index (χ0v) is 14.5. The number of rotatable bonds is 7. The number of aryl methyl sites for hydroxylation is 1. The summed E-state index contributed by atoms with van der Waals surface area (Å²) in [4.78, 5) is 23.7. The summed E-state index contributed by atoms with van der Waals surface area (Å²) in [5.41, 5.74) is 2.01. The van der Waals surface area contributed by atoms with Gasteiger partial charge in [-0.25, -0.2) is 0 Å². The van der Waals surface area contributed by atoms with Gasteiger partial charge in [-0.3, -0.25) is 9.59 Å². The summed E-state index contributed by atoms with van der Waals surface area (Å²) in [6.45, 7) is 8.25. The summed E-state index contributed by atoms with van der Waals surface area (Å²) < 4.78 is 10.3. The zero-order chi connectivity index (χ0) is 16.9. The van der Waals surface area contributed by atoms with Crippen molar-refractivity contribution >= 4 is 23.4 Å². The Bertz CT molecular complexity index is 564. The number of carbonyl (C=O) groups is 2. The van der Waals surface area contributed by atoms with Gasteiger partial charge in [-0.1, -0.05) is 25.4 Å². The number of halogens is 1. The second-order valence-electron chi connectivity index (χ2n) is 5.71. The molecular formula is C17H23ClO4. The molecule has 1 rings (SSSR count). The minimum Gasteiger partial charge on any atom is -0.493 e. The fraction of sp³-hybridized carbons (Fsp3) is 0.529. The fourth-order valence-corrected chi connectivity index (χ4v) is 2.23. The first kappa shape index (κ1) is 18.5. The molecule has 122 valence electrons. The lowest BCUT2D eigenvalue weighted by Crippen LogP contribution is -2.12. The molecule has 0 bridgehead atoms. The lowest BCUT2D eigenvalue weighted by atomic mass is 9.98. The van der Waals surface area contributed by atoms with Crippen LogP contribution in [0.1, 0.15) is 48.2 Å². The van der Waals surface area contributed by atoms with Gasteiger partial charge in [0, 0.05) is 11.4 Å². The maximum absolute atomic E-state index is 12.5. The van der Waals surface area contributed by atoms with Crippen LogP contribution in [0, 0.1) is 19.8 Å². The SMILES string of the molecule is COC(=O)CCC(=O)c1c(OCC(C)C)cc(C)c(Cl)c1C. The second-order valence-corrected chi connectivity index (χ2v) is 6.09. The third-order valence-corrected chi connectivity index (χ3v) is 3.86. The van der Waals surface area contributed by atoms with Crippen molar-refractivity contribution in [3.63, 3.8) is 0 Å². The monoisotopic (exact) mass is 326 g/mol. The van der Waals surface area contributed by atoms with E-state index in [2.05, 4.69) is 4.74 Å². The molecule has 0 amide bonds. The van der Waals surface area contributed by atoms with Crippen molar-refractivity contribution in [2.45, 2.75) is 40.5 Å². The number of carbonyl (C=O) groups excluding carboxylic acids is 2. The Morgan fingerprint density at radius 2 is 1.86 bits per heavy atom. The smallest absolute Gasteiger partial charge is 0.305 e. The van der Waals surface area contributed by atoms with Crippen molar-refractivity contribution in [2.75, 3.05) is 13.7 Å². The number of hydrogen-bond donors (Lipinski definition) is 0. The minimum absolute atomic E-state index is 0.0455. The molecule has 0 saturated carbocycles. The van der Waals surface area contributed by atoms with Gasteiger partial charge in [-0.15, -0.1) is 0 Å². The molecule has 0 fully saturated rings. The number of esters is 1. The van der Waals surface area contributed by atoms with Crippen molar-refractivity contribution in [1.29, 1.82) is 0 Å². The third kappa shape index (κ3) is 4.73. The van der Waals surface area contributed by atoms with E-state index < -0.39 is 5.97 Å². The molecule has 0 heterocycles. The first-order valence-electron chi connectivity index (χ1n) is 7.30. The maximum atomic E-state index is 12.5. The van der Waals surface area contributed by atoms with E-state index in [1.807, 2.05) is 20.8 Å². The molecule has 1 aromatic carbocycles. The van der Waals surface area contributed by atoms with Crippen LogP contribution in [0.25, 0.3) is 0 Å². The molecule has 0 aliphatic carbocycles. The summed E-state index contributed by atoms with van der Waals surface area (Å²) in [5, 5.41) is 0.554. The highest BCUT2D eigenvalue weighted by molar-refractivity contribution is 6.32. The Labute approximate surface area is 136 Å². The van der Waals surface area contributed by atoms with Gasteiger partial charge >= 0.3 is 5.97 Å². The van der Waals surface area contributed by atoms with E-state index in [1.165, 1.54) is 7.11 Å². The maximum Gasteiger partial charge on any atom is 0.305 e. The predicted molar refractivity (Wildman–Crippen MR) is 86.8 cm³/mol. The number of ether oxygens (including phenoxy) is 2. The second kappa shape index (κ2) is 8.18. The molecule has 1 aromatic rings. The number of benzene rings is 1. The topological polar surface area (TPSA) is 52.6 Å². The summed E-state index contributed by atoms with van der Waals surface area (Å²) in [6.07, 6.45) is 0.120. The molecule has 0 radical (unpaired) electrons. The molecule has 0 atom stereocenters. The van der Waals surface area contributed by atoms with Gasteiger partial charge in [0.25, 0.3) is 0 Å². The van der Waals surface area contributed by atoms with Crippen LogP contribution in [0.3, 0.4) is 0 Å². The van der Waals surface area contributed by atoms with E-state index in [0.717, 1.165) is 5.56 Å². The van der Waals surface area contributed by atoms with Crippen LogP contribution in [0.4, 0.5) is 0 Å². The number of hydrogen-bond acceptors (Lipinski definition) is 4. The van der Waals surface area contributed by atoms with Crippen LogP contribution >= 0.6 is 11.6 Å². The average Bonchev–Trinajstić information content (AvgIpc) is 2.47. The van der Waals surface area contributed by atoms with Gasteiger partial charge in [0.05, 0.1) is 25.7 Å². The van der Waals surface area contributed by atoms with Gasteiger partial charge in [0.2, 0.25) is 0 Å². The molecule has 5 heteroatoms. The van der Waals surface area contributed by atoms with E-state index in [4.69, 9.17) is 16.3 Å². The highest BCUT2D eigenvalue weighted by atomic mass is 35.5. The summed E-state index contributed by atoms with van der Waals surface area (Å²) >= 11 is 6.25. The van der Waals surface area contributed by atoms with Crippen LogP contribution in [0.5, 0.6) is 5.75 Å². The lowest BCUT2D eigenvalue weighted by molar-refractivity contribution is -0.140. The Hall–Kier alpha value is -1.55. The van der Waals surface area contributed by atoms with E-state index in [9.17, 15) is 9.59 Å². The number of methoxy groups -OCH3 is 1. The Balaban J connectivity index is 3.10. The largest absolute Gasteiger partial charge is 0.493 e. The summed E-state index contributed by atoms with van der Waals surface area (Å²) in [5.74, 6) is 0.301. The van der Waals surface area contributed by atoms with Crippen LogP contribution in [-0.2, 0) is 9.53 Å². The molecular weight excluding hydrogens is 304 g/mol. The molecule has 4 nitrogen and oxygen atoms in total. The van der Waals surface area contributed by atoms with Crippen molar-refractivity contribution in [3.8, 4) is 5.75 Å². The Morgan fingerprint density at radius 3 is 2.41 bits per heavy atom. The van der Waals surface area contributed by atoms with Crippen LogP contribution in [0.2, 0.25) is 5.02 Å². The van der Waals surface area contributed by atoms with Gasteiger partial charge in [-0.05, 0) is 37.0 Å². The first-order chi connectivity index (χ1) is 10.3. The fourth-order valence-electron chi connectivity index (χ4n) is 2.08. The molecule has 0 aliphatic heterocycles. The van der Waals surface area contributed by atoms with Crippen molar-refractivity contribution in [3.05, 3.63) is 27.8 Å². The quantitative estimate of drug-likeness (QED) is 0.558. The normalized spacial score (nSPS) is 10.7. The van der Waals surface area contributed by atoms with Crippen molar-refractivity contribution < 1.29 is 19.1 Å². The molecule has 0 spiro atoms. The van der Waals surface area contributed by atoms with Gasteiger partial charge < -0.3 is 9.47 Å². The highest BCUT2D eigenvalue weighted by Gasteiger charge is 2.20. The number of Topliss-reactive ketones (excluding diaryl/α,β-unsaturated/α-hetero) is 1. The van der Waals surface area contributed by atoms with Gasteiger partial charge in [0.15, 0.2) is 5.78 Å². The van der Waals surface area contributed by atoms with Crippen LogP contribution < -0.4 is 4.74 Å². The minimum atomic E-state index is -0.408. The van der Waals surface area contributed by atoms with E-state index in [0.29, 0.717) is 34.4 Å². The van der Waals surface area contributed by atoms with Gasteiger partial charge in [-0.2, -0.15) is 0 Å². The molecule has 0 N–H and O–H groups in total. The third-order valence-electron chi connectivity index (χ3n) is 3.28. The Kier molecular flexibility index (Phi) is 6.88. The molecule has 0 saturated heterocycles. The molecule has 0 unspecified atom stereocenters. The van der Waals surface area contributed by atoms with Gasteiger partial charge in [0.1, 0.15) is 5.75 Å². The average molecular weight is 327 g/mol. The summed E-state index contributed by atoms with van der Waals surface area (Å²) in [6, 6.07) is 1.78. The van der Waals surface area contributed by atoms with E-state index in [-0.39, 0.29) is 18.6 Å².